The number of ether oxygens (including phenoxy) is 1. The standard InChI is InChI=1S/C10H13N3O/c1-7-4-12-10(13-7)8-3-9(14-2)6-11-5-8/h3,5-7H,4H2,1-2H3,(H,12,13). The number of aromatic nitrogens is 1. The molecule has 2 rings (SSSR count). The summed E-state index contributed by atoms with van der Waals surface area (Å²) in [5.41, 5.74) is 0.980. The molecule has 1 N–H and O–H groups in total. The minimum absolute atomic E-state index is 0.413. The molecular weight excluding hydrogens is 178 g/mol. The van der Waals surface area contributed by atoms with Crippen molar-refractivity contribution in [3.8, 4) is 5.75 Å². The lowest BCUT2D eigenvalue weighted by atomic mass is 10.2. The topological polar surface area (TPSA) is 46.5 Å². The van der Waals surface area contributed by atoms with Crippen LogP contribution in [0.2, 0.25) is 0 Å². The van der Waals surface area contributed by atoms with Crippen LogP contribution in [0, 0.1) is 0 Å². The average molecular weight is 191 g/mol. The van der Waals surface area contributed by atoms with E-state index >= 15 is 0 Å². The molecule has 4 heteroatoms. The Bertz CT molecular complexity index is 362. The summed E-state index contributed by atoms with van der Waals surface area (Å²) in [6.07, 6.45) is 3.47. The summed E-state index contributed by atoms with van der Waals surface area (Å²) in [6, 6.07) is 2.34. The average Bonchev–Trinajstić information content (AvgIpc) is 2.65. The molecule has 1 aromatic rings. The fourth-order valence-electron chi connectivity index (χ4n) is 1.39. The molecule has 0 radical (unpaired) electrons. The molecule has 1 aliphatic rings. The minimum atomic E-state index is 0.413. The van der Waals surface area contributed by atoms with Crippen molar-refractivity contribution >= 4 is 5.84 Å². The fourth-order valence-corrected chi connectivity index (χ4v) is 1.39. The predicted octanol–water partition coefficient (Wildman–Crippen LogP) is 0.829. The van der Waals surface area contributed by atoms with E-state index in [2.05, 4.69) is 22.2 Å². The van der Waals surface area contributed by atoms with Crippen LogP contribution < -0.4 is 10.1 Å². The van der Waals surface area contributed by atoms with Crippen molar-refractivity contribution in [2.45, 2.75) is 13.0 Å². The summed E-state index contributed by atoms with van der Waals surface area (Å²) >= 11 is 0. The Hall–Kier alpha value is -1.58. The number of aliphatic imine (C=N–C) groups is 1. The van der Waals surface area contributed by atoms with Gasteiger partial charge in [-0.05, 0) is 13.0 Å². The first-order valence-electron chi connectivity index (χ1n) is 4.60. The molecule has 0 aromatic carbocycles. The summed E-state index contributed by atoms with van der Waals surface area (Å²) in [5.74, 6) is 1.66. The Kier molecular flexibility index (Phi) is 2.35. The molecule has 1 aliphatic heterocycles. The lowest BCUT2D eigenvalue weighted by Gasteiger charge is -2.06. The Balaban J connectivity index is 2.24. The number of nitrogens with one attached hydrogen (secondary N) is 1. The normalized spacial score (nSPS) is 20.1. The molecule has 0 saturated carbocycles. The van der Waals surface area contributed by atoms with E-state index in [4.69, 9.17) is 4.74 Å². The summed E-state index contributed by atoms with van der Waals surface area (Å²) in [5, 5.41) is 3.28. The van der Waals surface area contributed by atoms with Gasteiger partial charge in [0, 0.05) is 17.8 Å². The first-order valence-corrected chi connectivity index (χ1v) is 4.60. The maximum absolute atomic E-state index is 5.10. The SMILES string of the molecule is COc1cncc(C2=NCC(C)N2)c1. The number of hydrogen-bond donors (Lipinski definition) is 1. The van der Waals surface area contributed by atoms with Crippen molar-refractivity contribution in [2.75, 3.05) is 13.7 Å². The fraction of sp³-hybridized carbons (Fsp3) is 0.400. The van der Waals surface area contributed by atoms with E-state index in [-0.39, 0.29) is 0 Å². The van der Waals surface area contributed by atoms with Crippen LogP contribution in [0.15, 0.2) is 23.5 Å². The second-order valence-corrected chi connectivity index (χ2v) is 3.35. The highest BCUT2D eigenvalue weighted by Crippen LogP contribution is 2.12. The smallest absolute Gasteiger partial charge is 0.137 e. The van der Waals surface area contributed by atoms with Gasteiger partial charge in [0.15, 0.2) is 0 Å². The third kappa shape index (κ3) is 1.69. The Labute approximate surface area is 83.0 Å². The van der Waals surface area contributed by atoms with Crippen molar-refractivity contribution in [1.29, 1.82) is 0 Å². The molecule has 0 amide bonds. The predicted molar refractivity (Wildman–Crippen MR) is 54.8 cm³/mol. The molecule has 74 valence electrons. The lowest BCUT2D eigenvalue weighted by Crippen LogP contribution is -2.27. The largest absolute Gasteiger partial charge is 0.495 e. The second-order valence-electron chi connectivity index (χ2n) is 3.35. The third-order valence-corrected chi connectivity index (χ3v) is 2.13. The molecule has 1 unspecified atom stereocenters. The number of nitrogens with zero attached hydrogens (tertiary/aromatic N) is 2. The van der Waals surface area contributed by atoms with Crippen LogP contribution in [0.5, 0.6) is 5.75 Å². The maximum Gasteiger partial charge on any atom is 0.137 e. The van der Waals surface area contributed by atoms with Gasteiger partial charge in [-0.1, -0.05) is 0 Å². The minimum Gasteiger partial charge on any atom is -0.495 e. The molecule has 0 saturated heterocycles. The van der Waals surface area contributed by atoms with Gasteiger partial charge in [-0.25, -0.2) is 0 Å². The van der Waals surface area contributed by atoms with Crippen LogP contribution in [-0.4, -0.2) is 30.5 Å². The van der Waals surface area contributed by atoms with Gasteiger partial charge in [-0.3, -0.25) is 9.98 Å². The molecule has 4 nitrogen and oxygen atoms in total. The number of rotatable bonds is 2. The first-order chi connectivity index (χ1) is 6.79. The van der Waals surface area contributed by atoms with Crippen molar-refractivity contribution < 1.29 is 4.74 Å². The second kappa shape index (κ2) is 3.65. The van der Waals surface area contributed by atoms with Gasteiger partial charge in [0.2, 0.25) is 0 Å². The van der Waals surface area contributed by atoms with Crippen LogP contribution in [-0.2, 0) is 0 Å². The maximum atomic E-state index is 5.10. The van der Waals surface area contributed by atoms with Crippen LogP contribution in [0.1, 0.15) is 12.5 Å². The van der Waals surface area contributed by atoms with Gasteiger partial charge in [0.25, 0.3) is 0 Å². The van der Waals surface area contributed by atoms with E-state index in [0.29, 0.717) is 6.04 Å². The van der Waals surface area contributed by atoms with E-state index < -0.39 is 0 Å². The van der Waals surface area contributed by atoms with Crippen LogP contribution >= 0.6 is 0 Å². The van der Waals surface area contributed by atoms with E-state index in [0.717, 1.165) is 23.7 Å². The molecule has 14 heavy (non-hydrogen) atoms. The van der Waals surface area contributed by atoms with Crippen molar-refractivity contribution in [1.82, 2.24) is 10.3 Å². The van der Waals surface area contributed by atoms with Gasteiger partial charge in [-0.15, -0.1) is 0 Å². The molecule has 2 heterocycles. The van der Waals surface area contributed by atoms with Crippen molar-refractivity contribution in [2.24, 2.45) is 4.99 Å². The quantitative estimate of drug-likeness (QED) is 0.753. The molecule has 1 aromatic heterocycles. The van der Waals surface area contributed by atoms with Crippen molar-refractivity contribution in [3.63, 3.8) is 0 Å². The molecular formula is C10H13N3O. The van der Waals surface area contributed by atoms with E-state index in [9.17, 15) is 0 Å². The number of hydrogen-bond acceptors (Lipinski definition) is 4. The van der Waals surface area contributed by atoms with E-state index in [1.165, 1.54) is 0 Å². The first kappa shape index (κ1) is 8.99. The van der Waals surface area contributed by atoms with E-state index in [1.54, 1.807) is 19.5 Å². The Morgan fingerprint density at radius 2 is 2.36 bits per heavy atom. The van der Waals surface area contributed by atoms with Crippen molar-refractivity contribution in [3.05, 3.63) is 24.0 Å². The van der Waals surface area contributed by atoms with Gasteiger partial charge in [0.1, 0.15) is 11.6 Å². The summed E-state index contributed by atoms with van der Waals surface area (Å²) in [4.78, 5) is 8.45. The van der Waals surface area contributed by atoms with Gasteiger partial charge in [0.05, 0.1) is 19.9 Å². The molecule has 0 bridgehead atoms. The molecule has 0 aliphatic carbocycles. The molecule has 0 fully saturated rings. The Morgan fingerprint density at radius 1 is 1.50 bits per heavy atom. The zero-order valence-electron chi connectivity index (χ0n) is 8.32. The van der Waals surface area contributed by atoms with Crippen LogP contribution in [0.25, 0.3) is 0 Å². The highest BCUT2D eigenvalue weighted by Gasteiger charge is 2.14. The summed E-state index contributed by atoms with van der Waals surface area (Å²) in [6.45, 7) is 2.93. The van der Waals surface area contributed by atoms with Crippen LogP contribution in [0.4, 0.5) is 0 Å². The lowest BCUT2D eigenvalue weighted by molar-refractivity contribution is 0.413. The van der Waals surface area contributed by atoms with Gasteiger partial charge >= 0.3 is 0 Å². The molecule has 0 spiro atoms. The summed E-state index contributed by atoms with van der Waals surface area (Å²) < 4.78 is 5.10. The zero-order chi connectivity index (χ0) is 9.97. The van der Waals surface area contributed by atoms with Crippen LogP contribution in [0.3, 0.4) is 0 Å². The monoisotopic (exact) mass is 191 g/mol. The highest BCUT2D eigenvalue weighted by atomic mass is 16.5. The number of methoxy groups -OCH3 is 1. The third-order valence-electron chi connectivity index (χ3n) is 2.13. The highest BCUT2D eigenvalue weighted by molar-refractivity contribution is 6.00. The molecule has 1 atom stereocenters. The number of pyridine rings is 1. The number of amidine groups is 1. The van der Waals surface area contributed by atoms with E-state index in [1.807, 2.05) is 6.07 Å². The summed E-state index contributed by atoms with van der Waals surface area (Å²) in [7, 11) is 1.63. The zero-order valence-corrected chi connectivity index (χ0v) is 8.32. The van der Waals surface area contributed by atoms with Gasteiger partial charge < -0.3 is 10.1 Å². The van der Waals surface area contributed by atoms with Gasteiger partial charge in [-0.2, -0.15) is 0 Å². The Morgan fingerprint density at radius 3 is 3.00 bits per heavy atom.